The summed E-state index contributed by atoms with van der Waals surface area (Å²) < 4.78 is 54.7. The zero-order valence-electron chi connectivity index (χ0n) is 15.7. The van der Waals surface area contributed by atoms with Crippen molar-refractivity contribution in [3.63, 3.8) is 0 Å². The van der Waals surface area contributed by atoms with E-state index in [0.717, 1.165) is 23.5 Å². The van der Waals surface area contributed by atoms with Gasteiger partial charge >= 0.3 is 6.36 Å². The number of hydrogen-bond donors (Lipinski definition) is 3. The van der Waals surface area contributed by atoms with Gasteiger partial charge in [0.05, 0.1) is 16.6 Å². The Labute approximate surface area is 180 Å². The number of nitrogens with zero attached hydrogens (tertiary/aromatic N) is 2. The zero-order valence-corrected chi connectivity index (χ0v) is 16.5. The summed E-state index contributed by atoms with van der Waals surface area (Å²) in [5, 5.41) is 6.10. The first-order valence-corrected chi connectivity index (χ1v) is 9.64. The van der Waals surface area contributed by atoms with Crippen LogP contribution in [0.5, 0.6) is 5.75 Å². The molecule has 0 atom stereocenters. The predicted molar refractivity (Wildman–Crippen MR) is 107 cm³/mol. The Morgan fingerprint density at radius 2 is 1.81 bits per heavy atom. The zero-order chi connectivity index (χ0) is 22.9. The first kappa shape index (κ1) is 21.2. The van der Waals surface area contributed by atoms with Crippen molar-refractivity contribution in [3.05, 3.63) is 64.9 Å². The molecule has 0 saturated heterocycles. The third-order valence-electron chi connectivity index (χ3n) is 3.99. The number of halogens is 4. The van der Waals surface area contributed by atoms with E-state index in [1.54, 1.807) is 0 Å². The summed E-state index contributed by atoms with van der Waals surface area (Å²) in [5.41, 5.74) is 0.385. The van der Waals surface area contributed by atoms with Gasteiger partial charge < -0.3 is 9.72 Å². The maximum Gasteiger partial charge on any atom is 0.573 e. The number of rotatable bonds is 5. The number of H-pyrrole nitrogens is 1. The number of hydrogen-bond acceptors (Lipinski definition) is 6. The van der Waals surface area contributed by atoms with E-state index in [1.807, 2.05) is 0 Å². The number of carbonyl (C=O) groups is 2. The van der Waals surface area contributed by atoms with E-state index in [2.05, 4.69) is 30.3 Å². The molecule has 4 rings (SSSR count). The number of fused-ring (bicyclic) bond motifs is 1. The van der Waals surface area contributed by atoms with Crippen molar-refractivity contribution in [1.29, 1.82) is 0 Å². The molecule has 164 valence electrons. The first-order chi connectivity index (χ1) is 15.2. The quantitative estimate of drug-likeness (QED) is 0.375. The molecule has 2 heterocycles. The molecule has 2 amide bonds. The summed E-state index contributed by atoms with van der Waals surface area (Å²) in [6.45, 7) is 0. The maximum atomic E-state index is 13.3. The number of anilines is 2. The Balaban J connectivity index is 1.45. The van der Waals surface area contributed by atoms with E-state index >= 15 is 0 Å². The molecule has 32 heavy (non-hydrogen) atoms. The molecule has 0 saturated carbocycles. The fourth-order valence-electron chi connectivity index (χ4n) is 2.68. The third-order valence-corrected chi connectivity index (χ3v) is 4.75. The minimum Gasteiger partial charge on any atom is -0.405 e. The highest BCUT2D eigenvalue weighted by atomic mass is 32.1. The van der Waals surface area contributed by atoms with Crippen LogP contribution in [-0.2, 0) is 0 Å². The van der Waals surface area contributed by atoms with Crippen LogP contribution in [-0.4, -0.2) is 33.1 Å². The number of aromatic amines is 1. The lowest BCUT2D eigenvalue weighted by atomic mass is 10.2. The van der Waals surface area contributed by atoms with Gasteiger partial charge in [0.2, 0.25) is 5.95 Å². The second-order valence-corrected chi connectivity index (χ2v) is 7.10. The molecule has 0 aliphatic carbocycles. The molecule has 0 aliphatic rings. The van der Waals surface area contributed by atoms with Crippen LogP contribution in [0.1, 0.15) is 20.8 Å². The van der Waals surface area contributed by atoms with E-state index in [-0.39, 0.29) is 22.3 Å². The van der Waals surface area contributed by atoms with Gasteiger partial charge in [0.1, 0.15) is 17.3 Å². The number of amides is 2. The summed E-state index contributed by atoms with van der Waals surface area (Å²) in [6, 6.07) is 8.70. The third kappa shape index (κ3) is 4.83. The Morgan fingerprint density at radius 3 is 2.59 bits per heavy atom. The topological polar surface area (TPSA) is 109 Å². The van der Waals surface area contributed by atoms with Gasteiger partial charge in [0.25, 0.3) is 11.8 Å². The van der Waals surface area contributed by atoms with Crippen molar-refractivity contribution in [3.8, 4) is 5.75 Å². The molecule has 0 spiro atoms. The van der Waals surface area contributed by atoms with Gasteiger partial charge in [0, 0.05) is 5.38 Å². The van der Waals surface area contributed by atoms with Gasteiger partial charge in [-0.05, 0) is 30.3 Å². The number of carbonyl (C=O) groups excluding carboxylic acids is 2. The molecule has 0 unspecified atom stereocenters. The SMILES string of the molecule is O=C(Nc1nc2ccc(F)cc2[nH]1)c1csc(NC(=O)c2ccccc2OC(F)(F)F)n1. The van der Waals surface area contributed by atoms with Gasteiger partial charge in [-0.2, -0.15) is 0 Å². The molecule has 0 fully saturated rings. The fraction of sp³-hybridized carbons (Fsp3) is 0.0526. The standard InChI is InChI=1S/C19H11F4N5O3S/c20-9-5-6-11-12(7-9)25-17(24-11)27-16(30)13-8-32-18(26-13)28-15(29)10-3-1-2-4-14(10)31-19(21,22)23/h1-8H,(H,26,28,29)(H2,24,25,27,30). The molecule has 0 aliphatic heterocycles. The Bertz CT molecular complexity index is 1320. The van der Waals surface area contributed by atoms with E-state index in [9.17, 15) is 27.2 Å². The van der Waals surface area contributed by atoms with E-state index in [0.29, 0.717) is 11.0 Å². The lowest BCUT2D eigenvalue weighted by Crippen LogP contribution is -2.21. The van der Waals surface area contributed by atoms with Crippen molar-refractivity contribution < 1.29 is 31.9 Å². The summed E-state index contributed by atoms with van der Waals surface area (Å²) in [5.74, 6) is -2.64. The largest absolute Gasteiger partial charge is 0.573 e. The van der Waals surface area contributed by atoms with Crippen LogP contribution in [0.15, 0.2) is 47.8 Å². The number of imidazole rings is 1. The van der Waals surface area contributed by atoms with Crippen molar-refractivity contribution in [2.75, 3.05) is 10.6 Å². The van der Waals surface area contributed by atoms with Gasteiger partial charge in [-0.3, -0.25) is 20.2 Å². The number of nitrogens with one attached hydrogen (secondary N) is 3. The minimum atomic E-state index is -4.97. The molecule has 3 N–H and O–H groups in total. The molecule has 0 radical (unpaired) electrons. The summed E-state index contributed by atoms with van der Waals surface area (Å²) in [6.07, 6.45) is -4.97. The highest BCUT2D eigenvalue weighted by molar-refractivity contribution is 7.14. The normalized spacial score (nSPS) is 11.4. The average molecular weight is 465 g/mol. The molecule has 8 nitrogen and oxygen atoms in total. The van der Waals surface area contributed by atoms with Crippen molar-refractivity contribution in [1.82, 2.24) is 15.0 Å². The molecule has 4 aromatic rings. The van der Waals surface area contributed by atoms with Crippen LogP contribution < -0.4 is 15.4 Å². The van der Waals surface area contributed by atoms with Crippen LogP contribution in [0.4, 0.5) is 28.6 Å². The van der Waals surface area contributed by atoms with Crippen LogP contribution in [0.25, 0.3) is 11.0 Å². The average Bonchev–Trinajstić information content (AvgIpc) is 3.33. The lowest BCUT2D eigenvalue weighted by molar-refractivity contribution is -0.274. The lowest BCUT2D eigenvalue weighted by Gasteiger charge is -2.12. The number of aromatic nitrogens is 3. The highest BCUT2D eigenvalue weighted by Crippen LogP contribution is 2.27. The highest BCUT2D eigenvalue weighted by Gasteiger charge is 2.33. The summed E-state index contributed by atoms with van der Waals surface area (Å²) in [7, 11) is 0. The van der Waals surface area contributed by atoms with E-state index < -0.39 is 29.7 Å². The first-order valence-electron chi connectivity index (χ1n) is 8.76. The van der Waals surface area contributed by atoms with Crippen LogP contribution >= 0.6 is 11.3 Å². The predicted octanol–water partition coefficient (Wildman–Crippen LogP) is 4.56. The number of ether oxygens (including phenoxy) is 1. The van der Waals surface area contributed by atoms with Crippen molar-refractivity contribution in [2.24, 2.45) is 0 Å². The number of thiazole rings is 1. The minimum absolute atomic E-state index is 0.0198. The molecular formula is C19H11F4N5O3S. The Morgan fingerprint density at radius 1 is 1.03 bits per heavy atom. The van der Waals surface area contributed by atoms with Crippen molar-refractivity contribution in [2.45, 2.75) is 6.36 Å². The summed E-state index contributed by atoms with van der Waals surface area (Å²) in [4.78, 5) is 35.6. The van der Waals surface area contributed by atoms with Gasteiger partial charge in [-0.15, -0.1) is 24.5 Å². The molecule has 2 aromatic heterocycles. The van der Waals surface area contributed by atoms with Crippen LogP contribution in [0.2, 0.25) is 0 Å². The Kier molecular flexibility index (Phi) is 5.48. The number of alkyl halides is 3. The van der Waals surface area contributed by atoms with Crippen LogP contribution in [0.3, 0.4) is 0 Å². The second kappa shape index (κ2) is 8.26. The van der Waals surface area contributed by atoms with Crippen molar-refractivity contribution >= 4 is 45.3 Å². The number of para-hydroxylation sites is 1. The van der Waals surface area contributed by atoms with Crippen LogP contribution in [0, 0.1) is 5.82 Å². The second-order valence-electron chi connectivity index (χ2n) is 6.24. The summed E-state index contributed by atoms with van der Waals surface area (Å²) >= 11 is 0.890. The monoisotopic (exact) mass is 465 g/mol. The van der Waals surface area contributed by atoms with E-state index in [1.165, 1.54) is 35.7 Å². The molecular weight excluding hydrogens is 454 g/mol. The van der Waals surface area contributed by atoms with Gasteiger partial charge in [-0.25, -0.2) is 14.4 Å². The Hall–Kier alpha value is -4.00. The van der Waals surface area contributed by atoms with E-state index in [4.69, 9.17) is 0 Å². The van der Waals surface area contributed by atoms with Gasteiger partial charge in [0.15, 0.2) is 5.13 Å². The molecule has 0 bridgehead atoms. The van der Waals surface area contributed by atoms with Gasteiger partial charge in [-0.1, -0.05) is 12.1 Å². The maximum absolute atomic E-state index is 13.3. The smallest absolute Gasteiger partial charge is 0.405 e. The molecule has 2 aromatic carbocycles. The number of benzene rings is 2. The molecule has 13 heteroatoms. The fourth-order valence-corrected chi connectivity index (χ4v) is 3.37.